The Morgan fingerprint density at radius 2 is 1.23 bits per heavy atom. The number of ether oxygens (including phenoxy) is 1. The molecule has 0 aromatic carbocycles. The Labute approximate surface area is 332 Å². The predicted octanol–water partition coefficient (Wildman–Crippen LogP) is 1.55. The standard InChI is InChI=1S/C40H69N7O9/c1-19(2)17-26-39(54)47-16-14-15-27(47)34(49)43-30(22(7)8)36(51)44-31(23(9)10)37(52)45-32(24(11)12)40(55)56-25(13)33(38(53)41-26)46-35(50)29(21(5)6)42-28(48)18-20(3)4/h19-27,29-33H,14-18H2,1-13H3,(H,41,53)(H,42,48)(H,43,49)(H,44,51)(H,45,52)(H,46,50)/t25-,26-,27+,29+,30+,31+,32+,33+/m1/s1. The van der Waals surface area contributed by atoms with Crippen molar-refractivity contribution in [3.8, 4) is 0 Å². The fraction of sp³-hybridized carbons (Fsp3) is 0.800. The SMILES string of the molecule is CC(C)CC(=O)N[C@H](C(=O)N[C@@H]1C(=O)N[C@H](CC(C)C)C(=O)N2CCC[C@H]2C(=O)N[C@@H](C(C)C)C(=O)N[C@@H](C(C)C)C(=O)N[C@@H](C(C)C)C(=O)O[C@@H]1C)C(C)C. The van der Waals surface area contributed by atoms with Gasteiger partial charge in [-0.05, 0) is 61.7 Å². The van der Waals surface area contributed by atoms with Crippen molar-refractivity contribution < 1.29 is 43.1 Å². The van der Waals surface area contributed by atoms with Crippen LogP contribution in [-0.4, -0.2) is 107 Å². The lowest BCUT2D eigenvalue weighted by Gasteiger charge is -2.33. The Morgan fingerprint density at radius 1 is 0.714 bits per heavy atom. The molecule has 0 saturated carbocycles. The first-order chi connectivity index (χ1) is 26.0. The highest BCUT2D eigenvalue weighted by atomic mass is 16.5. The molecule has 2 fully saturated rings. The van der Waals surface area contributed by atoms with Crippen LogP contribution in [0.2, 0.25) is 0 Å². The lowest BCUT2D eigenvalue weighted by molar-refractivity contribution is -0.157. The van der Waals surface area contributed by atoms with E-state index in [-0.39, 0.29) is 37.1 Å². The number of hydrogen-bond donors (Lipinski definition) is 6. The van der Waals surface area contributed by atoms with Crippen molar-refractivity contribution in [1.82, 2.24) is 36.8 Å². The number of carbonyl (C=O) groups is 8. The molecule has 6 N–H and O–H groups in total. The van der Waals surface area contributed by atoms with Gasteiger partial charge >= 0.3 is 5.97 Å². The third kappa shape index (κ3) is 13.5. The summed E-state index contributed by atoms with van der Waals surface area (Å²) in [6.45, 7) is 22.9. The third-order valence-electron chi connectivity index (χ3n) is 10.1. The molecule has 16 nitrogen and oxygen atoms in total. The molecule has 56 heavy (non-hydrogen) atoms. The second-order valence-electron chi connectivity index (χ2n) is 17.6. The average Bonchev–Trinajstić information content (AvgIpc) is 3.57. The van der Waals surface area contributed by atoms with E-state index in [1.54, 1.807) is 55.4 Å². The van der Waals surface area contributed by atoms with Gasteiger partial charge in [0.15, 0.2) is 0 Å². The smallest absolute Gasteiger partial charge is 0.329 e. The third-order valence-corrected chi connectivity index (χ3v) is 10.1. The first-order valence-electron chi connectivity index (χ1n) is 20.3. The van der Waals surface area contributed by atoms with Crippen molar-refractivity contribution >= 4 is 47.3 Å². The minimum absolute atomic E-state index is 0.0250. The molecule has 0 radical (unpaired) electrons. The monoisotopic (exact) mass is 792 g/mol. The number of nitrogens with zero attached hydrogens (tertiary/aromatic N) is 1. The molecule has 2 heterocycles. The van der Waals surface area contributed by atoms with Crippen molar-refractivity contribution in [3.63, 3.8) is 0 Å². The van der Waals surface area contributed by atoms with E-state index in [0.29, 0.717) is 12.8 Å². The molecule has 0 aromatic heterocycles. The van der Waals surface area contributed by atoms with Gasteiger partial charge in [-0.1, -0.05) is 83.1 Å². The molecule has 2 aliphatic heterocycles. The summed E-state index contributed by atoms with van der Waals surface area (Å²) in [4.78, 5) is 112. The van der Waals surface area contributed by atoms with Crippen LogP contribution in [0, 0.1) is 35.5 Å². The van der Waals surface area contributed by atoms with Crippen LogP contribution in [-0.2, 0) is 43.1 Å². The number of nitrogens with one attached hydrogen (secondary N) is 6. The largest absolute Gasteiger partial charge is 0.458 e. The summed E-state index contributed by atoms with van der Waals surface area (Å²) in [6, 6.07) is -8.05. The number of esters is 1. The molecule has 0 aliphatic carbocycles. The highest BCUT2D eigenvalue weighted by Crippen LogP contribution is 2.22. The summed E-state index contributed by atoms with van der Waals surface area (Å²) in [5.41, 5.74) is 0. The Morgan fingerprint density at radius 3 is 1.71 bits per heavy atom. The molecule has 0 unspecified atom stereocenters. The molecule has 0 aromatic rings. The first kappa shape index (κ1) is 47.9. The maximum absolute atomic E-state index is 14.3. The molecule has 2 saturated heterocycles. The van der Waals surface area contributed by atoms with Gasteiger partial charge in [-0.15, -0.1) is 0 Å². The number of fused-ring (bicyclic) bond motifs is 1. The van der Waals surface area contributed by atoms with Crippen molar-refractivity contribution in [3.05, 3.63) is 0 Å². The highest BCUT2D eigenvalue weighted by molar-refractivity contribution is 5.98. The van der Waals surface area contributed by atoms with Crippen LogP contribution < -0.4 is 31.9 Å². The zero-order chi connectivity index (χ0) is 42.8. The second-order valence-corrected chi connectivity index (χ2v) is 17.6. The lowest BCUT2D eigenvalue weighted by atomic mass is 9.98. The zero-order valence-corrected chi connectivity index (χ0v) is 35.7. The van der Waals surface area contributed by atoms with Crippen LogP contribution >= 0.6 is 0 Å². The summed E-state index contributed by atoms with van der Waals surface area (Å²) < 4.78 is 5.83. The molecule has 0 bridgehead atoms. The van der Waals surface area contributed by atoms with E-state index in [1.165, 1.54) is 11.8 Å². The van der Waals surface area contributed by atoms with Gasteiger partial charge in [-0.25, -0.2) is 4.79 Å². The average molecular weight is 792 g/mol. The van der Waals surface area contributed by atoms with E-state index < -0.39 is 113 Å². The molecule has 0 spiro atoms. The van der Waals surface area contributed by atoms with Gasteiger partial charge in [0.1, 0.15) is 48.4 Å². The maximum Gasteiger partial charge on any atom is 0.329 e. The molecule has 2 rings (SSSR count). The number of rotatable bonds is 11. The number of hydrogen-bond acceptors (Lipinski definition) is 9. The van der Waals surface area contributed by atoms with Crippen LogP contribution in [0.1, 0.15) is 116 Å². The van der Waals surface area contributed by atoms with Crippen LogP contribution in [0.5, 0.6) is 0 Å². The fourth-order valence-corrected chi connectivity index (χ4v) is 6.86. The van der Waals surface area contributed by atoms with Gasteiger partial charge in [0.25, 0.3) is 0 Å². The Bertz CT molecular complexity index is 1430. The molecule has 7 amide bonds. The van der Waals surface area contributed by atoms with E-state index >= 15 is 0 Å². The fourth-order valence-electron chi connectivity index (χ4n) is 6.86. The quantitative estimate of drug-likeness (QED) is 0.167. The van der Waals surface area contributed by atoms with Gasteiger partial charge in [0.05, 0.1) is 0 Å². The molecular weight excluding hydrogens is 722 g/mol. The summed E-state index contributed by atoms with van der Waals surface area (Å²) in [5.74, 6) is -6.90. The summed E-state index contributed by atoms with van der Waals surface area (Å²) in [6.07, 6.45) is -0.157. The highest BCUT2D eigenvalue weighted by Gasteiger charge is 2.43. The summed E-state index contributed by atoms with van der Waals surface area (Å²) in [5, 5.41) is 16.5. The molecular formula is C40H69N7O9. The zero-order valence-electron chi connectivity index (χ0n) is 35.7. The van der Waals surface area contributed by atoms with Crippen LogP contribution in [0.25, 0.3) is 0 Å². The summed E-state index contributed by atoms with van der Waals surface area (Å²) in [7, 11) is 0. The molecule has 16 heteroatoms. The van der Waals surface area contributed by atoms with E-state index in [4.69, 9.17) is 4.74 Å². The van der Waals surface area contributed by atoms with Gasteiger partial charge < -0.3 is 41.5 Å². The molecule has 318 valence electrons. The van der Waals surface area contributed by atoms with Crippen molar-refractivity contribution in [2.24, 2.45) is 35.5 Å². The Balaban J connectivity index is 2.71. The van der Waals surface area contributed by atoms with E-state index in [0.717, 1.165) is 0 Å². The Hall–Kier alpha value is -4.24. The number of amides is 7. The number of carbonyl (C=O) groups excluding carboxylic acids is 8. The number of cyclic esters (lactones) is 1. The van der Waals surface area contributed by atoms with Crippen molar-refractivity contribution in [1.29, 1.82) is 0 Å². The lowest BCUT2D eigenvalue weighted by Crippen LogP contribution is -2.62. The van der Waals surface area contributed by atoms with Gasteiger partial charge in [0, 0.05) is 13.0 Å². The van der Waals surface area contributed by atoms with Crippen molar-refractivity contribution in [2.45, 2.75) is 164 Å². The van der Waals surface area contributed by atoms with E-state index in [2.05, 4.69) is 31.9 Å². The van der Waals surface area contributed by atoms with E-state index in [1.807, 2.05) is 27.7 Å². The van der Waals surface area contributed by atoms with Crippen LogP contribution in [0.15, 0.2) is 0 Å². The van der Waals surface area contributed by atoms with Gasteiger partial charge in [0.2, 0.25) is 41.4 Å². The van der Waals surface area contributed by atoms with Crippen LogP contribution in [0.4, 0.5) is 0 Å². The molecule has 2 aliphatic rings. The second kappa shape index (κ2) is 21.3. The topological polar surface area (TPSA) is 221 Å². The predicted molar refractivity (Wildman–Crippen MR) is 210 cm³/mol. The van der Waals surface area contributed by atoms with Crippen LogP contribution in [0.3, 0.4) is 0 Å². The molecule has 8 atom stereocenters. The van der Waals surface area contributed by atoms with Crippen molar-refractivity contribution in [2.75, 3.05) is 6.54 Å². The minimum atomic E-state index is -1.55. The summed E-state index contributed by atoms with van der Waals surface area (Å²) >= 11 is 0. The maximum atomic E-state index is 14.3. The van der Waals surface area contributed by atoms with Gasteiger partial charge in [-0.3, -0.25) is 33.6 Å². The minimum Gasteiger partial charge on any atom is -0.458 e. The normalized spacial score (nSPS) is 26.9. The Kier molecular flexibility index (Phi) is 18.2. The van der Waals surface area contributed by atoms with Gasteiger partial charge in [-0.2, -0.15) is 0 Å². The first-order valence-corrected chi connectivity index (χ1v) is 20.3. The van der Waals surface area contributed by atoms with E-state index in [9.17, 15) is 38.4 Å².